The van der Waals surface area contributed by atoms with Gasteiger partial charge in [-0.15, -0.1) is 11.6 Å². The van der Waals surface area contributed by atoms with Crippen molar-refractivity contribution in [2.75, 3.05) is 5.88 Å². The topological polar surface area (TPSA) is 30.7 Å². The van der Waals surface area contributed by atoms with E-state index in [1.807, 2.05) is 18.3 Å². The third-order valence-corrected chi connectivity index (χ3v) is 3.68. The van der Waals surface area contributed by atoms with Crippen molar-refractivity contribution in [2.24, 2.45) is 0 Å². The van der Waals surface area contributed by atoms with Crippen LogP contribution in [0.5, 0.6) is 0 Å². The minimum atomic E-state index is 0.567. The van der Waals surface area contributed by atoms with Crippen LogP contribution in [0.25, 0.3) is 11.2 Å². The monoisotopic (exact) mass is 285 g/mol. The van der Waals surface area contributed by atoms with E-state index < -0.39 is 0 Å². The van der Waals surface area contributed by atoms with Crippen LogP contribution in [0.3, 0.4) is 0 Å². The molecule has 0 spiro atoms. The summed E-state index contributed by atoms with van der Waals surface area (Å²) in [4.78, 5) is 9.11. The number of rotatable bonds is 4. The predicted octanol–water partition coefficient (Wildman–Crippen LogP) is 3.57. The van der Waals surface area contributed by atoms with Gasteiger partial charge in [-0.1, -0.05) is 24.3 Å². The van der Waals surface area contributed by atoms with Crippen molar-refractivity contribution in [1.82, 2.24) is 14.5 Å². The lowest BCUT2D eigenvalue weighted by atomic mass is 10.1. The Morgan fingerprint density at radius 2 is 2.00 bits per heavy atom. The molecule has 0 saturated carbocycles. The molecule has 0 unspecified atom stereocenters. The van der Waals surface area contributed by atoms with Crippen molar-refractivity contribution in [3.05, 3.63) is 59.5 Å². The van der Waals surface area contributed by atoms with E-state index >= 15 is 0 Å². The van der Waals surface area contributed by atoms with Crippen LogP contribution in [0.2, 0.25) is 0 Å². The Hall–Kier alpha value is -1.87. The van der Waals surface area contributed by atoms with Crippen LogP contribution >= 0.6 is 11.6 Å². The van der Waals surface area contributed by atoms with Gasteiger partial charge in [-0.25, -0.2) is 9.97 Å². The van der Waals surface area contributed by atoms with E-state index in [9.17, 15) is 0 Å². The van der Waals surface area contributed by atoms with Crippen LogP contribution in [0.15, 0.2) is 42.6 Å². The lowest BCUT2D eigenvalue weighted by Gasteiger charge is -2.10. The molecule has 0 aliphatic heterocycles. The first-order valence-corrected chi connectivity index (χ1v) is 7.23. The second-order valence-electron chi connectivity index (χ2n) is 4.83. The second-order valence-corrected chi connectivity index (χ2v) is 5.20. The highest BCUT2D eigenvalue weighted by atomic mass is 35.5. The number of aryl methyl sites for hydroxylation is 2. The van der Waals surface area contributed by atoms with Gasteiger partial charge in [-0.2, -0.15) is 0 Å². The molecule has 3 aromatic rings. The summed E-state index contributed by atoms with van der Waals surface area (Å²) in [5.74, 6) is 1.56. The SMILES string of the molecule is Cc1ccccc1Cn1c(CCCl)nc2cccnc21. The molecule has 0 aliphatic rings. The van der Waals surface area contributed by atoms with E-state index in [1.54, 1.807) is 0 Å². The maximum atomic E-state index is 5.90. The molecule has 2 aromatic heterocycles. The molecule has 0 amide bonds. The molecule has 2 heterocycles. The molecular weight excluding hydrogens is 270 g/mol. The lowest BCUT2D eigenvalue weighted by Crippen LogP contribution is -2.07. The maximum Gasteiger partial charge on any atom is 0.160 e. The van der Waals surface area contributed by atoms with Crippen molar-refractivity contribution in [3.63, 3.8) is 0 Å². The summed E-state index contributed by atoms with van der Waals surface area (Å²) in [7, 11) is 0. The molecule has 3 nitrogen and oxygen atoms in total. The Labute approximate surface area is 123 Å². The van der Waals surface area contributed by atoms with E-state index in [2.05, 4.69) is 45.7 Å². The number of fused-ring (bicyclic) bond motifs is 1. The third kappa shape index (κ3) is 2.41. The zero-order valence-corrected chi connectivity index (χ0v) is 12.1. The second kappa shape index (κ2) is 5.63. The normalized spacial score (nSPS) is 11.1. The molecule has 0 fully saturated rings. The summed E-state index contributed by atoms with van der Waals surface area (Å²) < 4.78 is 2.17. The molecular formula is C16H16ClN3. The first-order chi connectivity index (χ1) is 9.79. The standard InChI is InChI=1S/C16H16ClN3/c1-12-5-2-3-6-13(12)11-20-15(8-9-17)19-14-7-4-10-18-16(14)20/h2-7,10H,8-9,11H2,1H3. The number of hydrogen-bond acceptors (Lipinski definition) is 2. The van der Waals surface area contributed by atoms with Crippen molar-refractivity contribution in [1.29, 1.82) is 0 Å². The van der Waals surface area contributed by atoms with Crippen LogP contribution in [0.1, 0.15) is 17.0 Å². The number of aromatic nitrogens is 3. The Bertz CT molecular complexity index is 733. The fourth-order valence-corrected chi connectivity index (χ4v) is 2.57. The zero-order chi connectivity index (χ0) is 13.9. The van der Waals surface area contributed by atoms with Crippen LogP contribution in [0.4, 0.5) is 0 Å². The van der Waals surface area contributed by atoms with Crippen LogP contribution in [-0.4, -0.2) is 20.4 Å². The van der Waals surface area contributed by atoms with Gasteiger partial charge in [0, 0.05) is 18.5 Å². The number of alkyl halides is 1. The third-order valence-electron chi connectivity index (χ3n) is 3.49. The highest BCUT2D eigenvalue weighted by Crippen LogP contribution is 2.18. The number of pyridine rings is 1. The van der Waals surface area contributed by atoms with E-state index in [0.717, 1.165) is 30.0 Å². The average molecular weight is 286 g/mol. The molecule has 20 heavy (non-hydrogen) atoms. The van der Waals surface area contributed by atoms with E-state index in [0.29, 0.717) is 5.88 Å². The Morgan fingerprint density at radius 1 is 1.15 bits per heavy atom. The summed E-state index contributed by atoms with van der Waals surface area (Å²) in [6.07, 6.45) is 2.56. The molecule has 0 N–H and O–H groups in total. The average Bonchev–Trinajstić information content (AvgIpc) is 2.80. The predicted molar refractivity (Wildman–Crippen MR) is 82.2 cm³/mol. The first kappa shape index (κ1) is 13.1. The molecule has 0 saturated heterocycles. The van der Waals surface area contributed by atoms with Gasteiger partial charge < -0.3 is 4.57 Å². The quantitative estimate of drug-likeness (QED) is 0.686. The highest BCUT2D eigenvalue weighted by Gasteiger charge is 2.12. The number of benzene rings is 1. The molecule has 102 valence electrons. The van der Waals surface area contributed by atoms with Crippen molar-refractivity contribution >= 4 is 22.8 Å². The van der Waals surface area contributed by atoms with Gasteiger partial charge in [0.25, 0.3) is 0 Å². The first-order valence-electron chi connectivity index (χ1n) is 6.70. The highest BCUT2D eigenvalue weighted by molar-refractivity contribution is 6.17. The van der Waals surface area contributed by atoms with Crippen molar-refractivity contribution < 1.29 is 0 Å². The number of hydrogen-bond donors (Lipinski definition) is 0. The van der Waals surface area contributed by atoms with Crippen LogP contribution in [-0.2, 0) is 13.0 Å². The summed E-state index contributed by atoms with van der Waals surface area (Å²) in [6, 6.07) is 12.3. The van der Waals surface area contributed by atoms with Gasteiger partial charge >= 0.3 is 0 Å². The van der Waals surface area contributed by atoms with Crippen LogP contribution in [0, 0.1) is 6.92 Å². The molecule has 1 aromatic carbocycles. The minimum absolute atomic E-state index is 0.567. The van der Waals surface area contributed by atoms with E-state index in [4.69, 9.17) is 11.6 Å². The molecule has 0 radical (unpaired) electrons. The smallest absolute Gasteiger partial charge is 0.160 e. The van der Waals surface area contributed by atoms with E-state index in [-0.39, 0.29) is 0 Å². The fraction of sp³-hybridized carbons (Fsp3) is 0.250. The Morgan fingerprint density at radius 3 is 2.80 bits per heavy atom. The molecule has 4 heteroatoms. The van der Waals surface area contributed by atoms with Crippen molar-refractivity contribution in [2.45, 2.75) is 19.9 Å². The Kier molecular flexibility index (Phi) is 3.70. The summed E-state index contributed by atoms with van der Waals surface area (Å²) >= 11 is 5.90. The van der Waals surface area contributed by atoms with Gasteiger partial charge in [-0.05, 0) is 30.2 Å². The Balaban J connectivity index is 2.09. The van der Waals surface area contributed by atoms with Gasteiger partial charge in [0.1, 0.15) is 11.3 Å². The molecule has 0 bridgehead atoms. The number of imidazole rings is 1. The van der Waals surface area contributed by atoms with Gasteiger partial charge in [0.2, 0.25) is 0 Å². The molecule has 0 aliphatic carbocycles. The number of nitrogens with zero attached hydrogens (tertiary/aromatic N) is 3. The zero-order valence-electron chi connectivity index (χ0n) is 11.4. The fourth-order valence-electron chi connectivity index (χ4n) is 2.40. The minimum Gasteiger partial charge on any atom is -0.308 e. The molecule has 0 atom stereocenters. The largest absolute Gasteiger partial charge is 0.308 e. The van der Waals surface area contributed by atoms with E-state index in [1.165, 1.54) is 11.1 Å². The van der Waals surface area contributed by atoms with Gasteiger partial charge in [0.05, 0.1) is 6.54 Å². The summed E-state index contributed by atoms with van der Waals surface area (Å²) in [5, 5.41) is 0. The lowest BCUT2D eigenvalue weighted by molar-refractivity contribution is 0.744. The van der Waals surface area contributed by atoms with Gasteiger partial charge in [-0.3, -0.25) is 0 Å². The number of halogens is 1. The van der Waals surface area contributed by atoms with Crippen LogP contribution < -0.4 is 0 Å². The molecule has 3 rings (SSSR count). The summed E-state index contributed by atoms with van der Waals surface area (Å²) in [5.41, 5.74) is 4.42. The summed E-state index contributed by atoms with van der Waals surface area (Å²) in [6.45, 7) is 2.91. The maximum absolute atomic E-state index is 5.90. The van der Waals surface area contributed by atoms with Crippen molar-refractivity contribution in [3.8, 4) is 0 Å². The van der Waals surface area contributed by atoms with Gasteiger partial charge in [0.15, 0.2) is 5.65 Å².